The lowest BCUT2D eigenvalue weighted by Crippen LogP contribution is -2.47. The van der Waals surface area contributed by atoms with E-state index >= 15 is 0 Å². The van der Waals surface area contributed by atoms with Crippen molar-refractivity contribution in [2.75, 3.05) is 32.6 Å². The Morgan fingerprint density at radius 2 is 2.24 bits per heavy atom. The van der Waals surface area contributed by atoms with Crippen LogP contribution in [-0.2, 0) is 9.53 Å². The smallest absolute Gasteiger partial charge is 0.256 e. The first-order valence-corrected chi connectivity index (χ1v) is 11.9. The van der Waals surface area contributed by atoms with Gasteiger partial charge in [-0.15, -0.1) is 5.10 Å². The Bertz CT molecular complexity index is 1330. The Morgan fingerprint density at radius 3 is 3.12 bits per heavy atom. The molecule has 1 amide bonds. The number of benzene rings is 1. The average Bonchev–Trinajstić information content (AvgIpc) is 3.45. The number of para-hydroxylation sites is 1. The zero-order chi connectivity index (χ0) is 22.8. The van der Waals surface area contributed by atoms with Crippen LogP contribution in [0.2, 0.25) is 0 Å². The lowest BCUT2D eigenvalue weighted by Gasteiger charge is -2.32. The number of nitrogens with zero attached hydrogens (tertiary/aromatic N) is 5. The zero-order valence-electron chi connectivity index (χ0n) is 18.4. The molecule has 0 bridgehead atoms. The summed E-state index contributed by atoms with van der Waals surface area (Å²) in [5.41, 5.74) is 2.83. The Labute approximate surface area is 194 Å². The minimum Gasteiger partial charge on any atom is -0.475 e. The number of carbonyl (C=O) groups excluding carboxylic acids is 1. The van der Waals surface area contributed by atoms with Gasteiger partial charge in [0.2, 0.25) is 16.9 Å². The van der Waals surface area contributed by atoms with Crippen LogP contribution in [0.15, 0.2) is 47.8 Å². The number of hydrogen-bond donors (Lipinski definition) is 1. The number of aryl methyl sites for hydroxylation is 1. The fraction of sp³-hybridized carbons (Fsp3) is 0.304. The summed E-state index contributed by atoms with van der Waals surface area (Å²) in [6.07, 6.45) is 7.06. The molecule has 0 spiro atoms. The summed E-state index contributed by atoms with van der Waals surface area (Å²) in [7, 11) is 0. The van der Waals surface area contributed by atoms with Crippen LogP contribution in [0.1, 0.15) is 11.3 Å². The Morgan fingerprint density at radius 1 is 1.36 bits per heavy atom. The fourth-order valence-electron chi connectivity index (χ4n) is 3.82. The van der Waals surface area contributed by atoms with Crippen LogP contribution in [0.3, 0.4) is 0 Å². The monoisotopic (exact) mass is 464 g/mol. The number of aromatic amines is 1. The maximum absolute atomic E-state index is 12.8. The van der Waals surface area contributed by atoms with E-state index in [0.29, 0.717) is 43.1 Å². The van der Waals surface area contributed by atoms with Gasteiger partial charge >= 0.3 is 0 Å². The Kier molecular flexibility index (Phi) is 6.01. The number of amides is 1. The van der Waals surface area contributed by atoms with Crippen molar-refractivity contribution in [1.82, 2.24) is 29.5 Å². The second kappa shape index (κ2) is 9.24. The lowest BCUT2D eigenvalue weighted by molar-refractivity contribution is -0.134. The highest BCUT2D eigenvalue weighted by atomic mass is 32.2. The lowest BCUT2D eigenvalue weighted by atomic mass is 10.1. The summed E-state index contributed by atoms with van der Waals surface area (Å²) in [6, 6.07) is 9.84. The fourth-order valence-corrected chi connectivity index (χ4v) is 4.16. The molecule has 33 heavy (non-hydrogen) atoms. The summed E-state index contributed by atoms with van der Waals surface area (Å²) < 4.78 is 13.5. The van der Waals surface area contributed by atoms with Crippen LogP contribution in [0.4, 0.5) is 0 Å². The molecule has 1 saturated heterocycles. The van der Waals surface area contributed by atoms with E-state index in [2.05, 4.69) is 20.1 Å². The number of morpholine rings is 1. The second-order valence-electron chi connectivity index (χ2n) is 7.76. The van der Waals surface area contributed by atoms with Crippen LogP contribution in [0.25, 0.3) is 22.8 Å². The highest BCUT2D eigenvalue weighted by molar-refractivity contribution is 7.98. The van der Waals surface area contributed by atoms with Gasteiger partial charge in [0, 0.05) is 41.5 Å². The van der Waals surface area contributed by atoms with Crippen LogP contribution in [0.5, 0.6) is 5.88 Å². The van der Waals surface area contributed by atoms with Crippen molar-refractivity contribution < 1.29 is 14.3 Å². The second-order valence-corrected chi connectivity index (χ2v) is 8.53. The number of fused-ring (bicyclic) bond motifs is 2. The standard InChI is InChI=1S/C23H24N6O3S/c1-15-11-21(29-22(25-15)26-23(27-29)33-2)32-14-17-13-28(9-10-31-17)20(30)8-7-16-12-24-19-6-4-3-5-18(16)19/h3-8,11-12,17,24H,9-10,13-14H2,1-2H3. The number of nitrogens with one attached hydrogen (secondary N) is 1. The topological polar surface area (TPSA) is 97.6 Å². The van der Waals surface area contributed by atoms with E-state index in [1.54, 1.807) is 15.5 Å². The molecule has 1 fully saturated rings. The van der Waals surface area contributed by atoms with Gasteiger partial charge in [-0.25, -0.2) is 4.98 Å². The summed E-state index contributed by atoms with van der Waals surface area (Å²) in [4.78, 5) is 26.6. The molecule has 170 valence electrons. The molecular weight excluding hydrogens is 440 g/mol. The van der Waals surface area contributed by atoms with E-state index in [4.69, 9.17) is 9.47 Å². The van der Waals surface area contributed by atoms with Crippen LogP contribution < -0.4 is 4.74 Å². The van der Waals surface area contributed by atoms with Crippen molar-refractivity contribution >= 4 is 40.4 Å². The summed E-state index contributed by atoms with van der Waals surface area (Å²) in [5.74, 6) is 1.01. The van der Waals surface area contributed by atoms with Gasteiger partial charge in [0.25, 0.3) is 5.78 Å². The number of ether oxygens (including phenoxy) is 2. The molecule has 1 aliphatic heterocycles. The predicted octanol–water partition coefficient (Wildman–Crippen LogP) is 2.96. The molecule has 0 radical (unpaired) electrons. The van der Waals surface area contributed by atoms with E-state index in [1.165, 1.54) is 11.8 Å². The molecule has 10 heteroatoms. The first-order chi connectivity index (χ1) is 16.1. The molecule has 5 rings (SSSR count). The number of rotatable bonds is 6. The third kappa shape index (κ3) is 4.57. The van der Waals surface area contributed by atoms with Crippen molar-refractivity contribution in [1.29, 1.82) is 0 Å². The number of thioether (sulfide) groups is 1. The molecule has 4 heterocycles. The van der Waals surface area contributed by atoms with Crippen LogP contribution in [0, 0.1) is 6.92 Å². The maximum Gasteiger partial charge on any atom is 0.256 e. The van der Waals surface area contributed by atoms with Crippen molar-refractivity contribution in [3.63, 3.8) is 0 Å². The predicted molar refractivity (Wildman–Crippen MR) is 126 cm³/mol. The SMILES string of the molecule is CSc1nc2nc(C)cc(OCC3CN(C(=O)C=Cc4c[nH]c5ccccc45)CCO3)n2n1. The zero-order valence-corrected chi connectivity index (χ0v) is 19.2. The number of aromatic nitrogens is 5. The first-order valence-electron chi connectivity index (χ1n) is 10.7. The summed E-state index contributed by atoms with van der Waals surface area (Å²) >= 11 is 1.45. The molecule has 1 N–H and O–H groups in total. The minimum absolute atomic E-state index is 0.0448. The molecule has 1 aliphatic rings. The van der Waals surface area contributed by atoms with Crippen molar-refractivity contribution in [3.8, 4) is 5.88 Å². The number of hydrogen-bond acceptors (Lipinski definition) is 7. The summed E-state index contributed by atoms with van der Waals surface area (Å²) in [6.45, 7) is 3.65. The molecular formula is C23H24N6O3S. The quantitative estimate of drug-likeness (QED) is 0.346. The van der Waals surface area contributed by atoms with E-state index in [-0.39, 0.29) is 12.0 Å². The van der Waals surface area contributed by atoms with E-state index in [1.807, 2.05) is 55.8 Å². The Balaban J connectivity index is 1.23. The minimum atomic E-state index is -0.240. The van der Waals surface area contributed by atoms with Crippen molar-refractivity contribution in [3.05, 3.63) is 53.9 Å². The highest BCUT2D eigenvalue weighted by Crippen LogP contribution is 2.20. The maximum atomic E-state index is 12.8. The average molecular weight is 465 g/mol. The first kappa shape index (κ1) is 21.5. The van der Waals surface area contributed by atoms with Gasteiger partial charge in [0.05, 0.1) is 13.2 Å². The molecule has 3 aromatic heterocycles. The normalized spacial score (nSPS) is 16.8. The van der Waals surface area contributed by atoms with Gasteiger partial charge in [-0.1, -0.05) is 30.0 Å². The van der Waals surface area contributed by atoms with Gasteiger partial charge in [-0.3, -0.25) is 4.79 Å². The molecule has 9 nitrogen and oxygen atoms in total. The molecule has 0 aliphatic carbocycles. The van der Waals surface area contributed by atoms with Gasteiger partial charge in [-0.2, -0.15) is 9.50 Å². The van der Waals surface area contributed by atoms with Gasteiger partial charge < -0.3 is 19.4 Å². The van der Waals surface area contributed by atoms with Crippen molar-refractivity contribution in [2.24, 2.45) is 0 Å². The van der Waals surface area contributed by atoms with E-state index < -0.39 is 0 Å². The molecule has 1 unspecified atom stereocenters. The Hall–Kier alpha value is -3.37. The number of H-pyrrole nitrogens is 1. The van der Waals surface area contributed by atoms with E-state index in [9.17, 15) is 4.79 Å². The molecule has 1 atom stereocenters. The largest absolute Gasteiger partial charge is 0.475 e. The number of carbonyl (C=O) groups is 1. The molecule has 4 aromatic rings. The van der Waals surface area contributed by atoms with Gasteiger partial charge in [0.1, 0.15) is 12.7 Å². The summed E-state index contributed by atoms with van der Waals surface area (Å²) in [5, 5.41) is 6.13. The molecule has 1 aromatic carbocycles. The van der Waals surface area contributed by atoms with Gasteiger partial charge in [-0.05, 0) is 30.9 Å². The third-order valence-electron chi connectivity index (χ3n) is 5.46. The highest BCUT2D eigenvalue weighted by Gasteiger charge is 2.24. The van der Waals surface area contributed by atoms with Crippen LogP contribution >= 0.6 is 11.8 Å². The third-order valence-corrected chi connectivity index (χ3v) is 6.00. The van der Waals surface area contributed by atoms with Crippen LogP contribution in [-0.4, -0.2) is 74.0 Å². The van der Waals surface area contributed by atoms with E-state index in [0.717, 1.165) is 22.2 Å². The van der Waals surface area contributed by atoms with Crippen molar-refractivity contribution in [2.45, 2.75) is 18.2 Å². The van der Waals surface area contributed by atoms with Gasteiger partial charge in [0.15, 0.2) is 0 Å². The molecule has 0 saturated carbocycles.